The summed E-state index contributed by atoms with van der Waals surface area (Å²) in [4.78, 5) is 0.575. The molecule has 8 nitrogen and oxygen atoms in total. The number of nitrogens with zero attached hydrogens (tertiary/aromatic N) is 2. The quantitative estimate of drug-likeness (QED) is 0.276. The lowest BCUT2D eigenvalue weighted by molar-refractivity contribution is -0.486. The average molecular weight is 595 g/mol. The molecule has 0 fully saturated rings. The van der Waals surface area contributed by atoms with Crippen molar-refractivity contribution in [2.45, 2.75) is 31.6 Å². The Labute approximate surface area is 221 Å². The predicted octanol–water partition coefficient (Wildman–Crippen LogP) is 5.76. The molecule has 2 heterocycles. The van der Waals surface area contributed by atoms with Crippen LogP contribution in [0, 0.1) is 0 Å². The molecule has 2 N–H and O–H groups in total. The van der Waals surface area contributed by atoms with E-state index in [1.165, 1.54) is 6.07 Å². The number of hydrogen-bond donors (Lipinski definition) is 2. The molecule has 0 saturated heterocycles. The van der Waals surface area contributed by atoms with Gasteiger partial charge in [0.2, 0.25) is 5.52 Å². The number of rotatable bonds is 6. The zero-order chi connectivity index (χ0) is 25.7. The van der Waals surface area contributed by atoms with Crippen molar-refractivity contribution in [1.82, 2.24) is 0 Å². The lowest BCUT2D eigenvalue weighted by Gasteiger charge is -2.16. The fourth-order valence-electron chi connectivity index (χ4n) is 3.71. The van der Waals surface area contributed by atoms with Crippen molar-refractivity contribution in [3.63, 3.8) is 0 Å². The molecule has 0 radical (unpaired) electrons. The van der Waals surface area contributed by atoms with Crippen molar-refractivity contribution in [1.29, 1.82) is 0 Å². The van der Waals surface area contributed by atoms with Gasteiger partial charge in [0.15, 0.2) is 0 Å². The van der Waals surface area contributed by atoms with Gasteiger partial charge in [-0.1, -0.05) is 60.1 Å². The molecule has 0 unspecified atom stereocenters. The van der Waals surface area contributed by atoms with Gasteiger partial charge in [-0.15, -0.1) is 8.42 Å². The minimum atomic E-state index is -4.69. The Hall–Kier alpha value is -1.64. The van der Waals surface area contributed by atoms with Gasteiger partial charge in [-0.25, -0.2) is 8.86 Å². The zero-order valence-corrected chi connectivity index (χ0v) is 23.0. The van der Waals surface area contributed by atoms with Crippen molar-refractivity contribution >= 4 is 88.9 Å². The summed E-state index contributed by atoms with van der Waals surface area (Å²) in [5.41, 5.74) is 1.63. The van der Waals surface area contributed by atoms with Crippen LogP contribution in [0.5, 0.6) is 0 Å². The van der Waals surface area contributed by atoms with E-state index >= 15 is 0 Å². The van der Waals surface area contributed by atoms with Crippen LogP contribution in [-0.4, -0.2) is 25.9 Å². The van der Waals surface area contributed by atoms with Crippen molar-refractivity contribution < 1.29 is 29.9 Å². The Morgan fingerprint density at radius 1 is 1.11 bits per heavy atom. The molecule has 35 heavy (non-hydrogen) atoms. The lowest BCUT2D eigenvalue weighted by Crippen LogP contribution is -2.44. The van der Waals surface area contributed by atoms with Gasteiger partial charge in [0, 0.05) is 21.6 Å². The first-order chi connectivity index (χ1) is 16.3. The predicted molar refractivity (Wildman–Crippen MR) is 141 cm³/mol. The molecule has 1 aromatic heterocycles. The summed E-state index contributed by atoms with van der Waals surface area (Å²) >= 11 is 14.6. The zero-order valence-electron chi connectivity index (χ0n) is 18.3. The molecule has 0 atom stereocenters. The standard InChI is InChI=1S/C21H18Cl2N2O6S4/c1-3-12(9-19-24(34(26,27)28)16-11-13(22)5-7-17(16)32-19)10-20-25(35(29,30)31)21-14(4-2)15(23)6-8-18(21)33-20/h5-11H,3-4H2,1-2H3,(H-,26,27,28,29,30,31)/p+1. The normalized spacial score (nSPS) is 15.9. The van der Waals surface area contributed by atoms with Gasteiger partial charge >= 0.3 is 20.6 Å². The highest BCUT2D eigenvalue weighted by Crippen LogP contribution is 2.48. The van der Waals surface area contributed by atoms with Crippen LogP contribution in [0.4, 0.5) is 5.69 Å². The van der Waals surface area contributed by atoms with Gasteiger partial charge in [-0.3, -0.25) is 4.55 Å². The van der Waals surface area contributed by atoms with Crippen molar-refractivity contribution in [2.75, 3.05) is 4.31 Å². The number of aromatic nitrogens is 1. The first-order valence-electron chi connectivity index (χ1n) is 10.2. The molecular weight excluding hydrogens is 575 g/mol. The Morgan fingerprint density at radius 2 is 1.83 bits per heavy atom. The molecule has 1 aliphatic heterocycles. The van der Waals surface area contributed by atoms with Crippen LogP contribution in [0.1, 0.15) is 30.8 Å². The Morgan fingerprint density at radius 3 is 2.43 bits per heavy atom. The summed E-state index contributed by atoms with van der Waals surface area (Å²) < 4.78 is 71.3. The number of allylic oxidation sites excluding steroid dienone is 2. The molecule has 0 saturated carbocycles. The second-order valence-electron chi connectivity index (χ2n) is 7.42. The Bertz CT molecular complexity index is 1630. The van der Waals surface area contributed by atoms with Gasteiger partial charge in [0.1, 0.15) is 4.70 Å². The van der Waals surface area contributed by atoms with Crippen molar-refractivity contribution in [2.24, 2.45) is 0 Å². The van der Waals surface area contributed by atoms with E-state index in [0.717, 1.165) is 31.4 Å². The van der Waals surface area contributed by atoms with Crippen molar-refractivity contribution in [3.8, 4) is 0 Å². The van der Waals surface area contributed by atoms with Gasteiger partial charge < -0.3 is 0 Å². The van der Waals surface area contributed by atoms with Crippen LogP contribution >= 0.6 is 46.3 Å². The summed E-state index contributed by atoms with van der Waals surface area (Å²) in [6.45, 7) is 3.64. The molecule has 186 valence electrons. The summed E-state index contributed by atoms with van der Waals surface area (Å²) in [6.07, 6.45) is 3.93. The summed E-state index contributed by atoms with van der Waals surface area (Å²) in [6, 6.07) is 8.04. The fraction of sp³-hybridized carbons (Fsp3) is 0.190. The SMILES string of the molecule is CCC(=Cc1sc2ccc(Cl)c(CC)c2[n+]1S(=O)(=O)O)C=C1Sc2ccc(Cl)cc2N1S(=O)(=O)O. The van der Waals surface area contributed by atoms with Crippen LogP contribution in [0.2, 0.25) is 10.0 Å². The number of anilines is 1. The van der Waals surface area contributed by atoms with E-state index in [1.54, 1.807) is 36.4 Å². The number of hydrogen-bond acceptors (Lipinski definition) is 6. The number of halogens is 2. The average Bonchev–Trinajstić information content (AvgIpc) is 3.30. The number of benzene rings is 2. The monoisotopic (exact) mass is 593 g/mol. The second kappa shape index (κ2) is 9.67. The van der Waals surface area contributed by atoms with Crippen molar-refractivity contribution in [3.05, 3.63) is 67.6 Å². The minimum Gasteiger partial charge on any atom is -0.269 e. The van der Waals surface area contributed by atoms with E-state index in [9.17, 15) is 25.9 Å². The molecule has 2 aromatic carbocycles. The maximum atomic E-state index is 12.4. The van der Waals surface area contributed by atoms with E-state index in [4.69, 9.17) is 23.2 Å². The number of aryl methyl sites for hydroxylation is 1. The highest BCUT2D eigenvalue weighted by molar-refractivity contribution is 8.05. The van der Waals surface area contributed by atoms with Gasteiger partial charge in [0.25, 0.3) is 5.01 Å². The van der Waals surface area contributed by atoms with E-state index in [1.807, 2.05) is 13.8 Å². The molecular formula is C21H19Cl2N2O6S4+. The largest absolute Gasteiger partial charge is 0.513 e. The Balaban J connectivity index is 1.92. The smallest absolute Gasteiger partial charge is 0.269 e. The molecule has 3 aromatic rings. The fourth-order valence-corrected chi connectivity index (χ4v) is 8.53. The molecule has 0 amide bonds. The van der Waals surface area contributed by atoms with Gasteiger partial charge in [-0.05, 0) is 58.8 Å². The third kappa shape index (κ3) is 5.12. The number of fused-ring (bicyclic) bond motifs is 2. The lowest BCUT2D eigenvalue weighted by atomic mass is 10.1. The van der Waals surface area contributed by atoms with Crippen LogP contribution < -0.4 is 8.28 Å². The van der Waals surface area contributed by atoms with Crippen LogP contribution in [-0.2, 0) is 27.0 Å². The molecule has 0 bridgehead atoms. The van der Waals surface area contributed by atoms with Crippen LogP contribution in [0.3, 0.4) is 0 Å². The first kappa shape index (κ1) is 26.4. The van der Waals surface area contributed by atoms with E-state index in [2.05, 4.69) is 0 Å². The van der Waals surface area contributed by atoms with Gasteiger partial charge in [0.05, 0.1) is 15.7 Å². The third-order valence-electron chi connectivity index (χ3n) is 5.20. The Kier molecular flexibility index (Phi) is 7.30. The summed E-state index contributed by atoms with van der Waals surface area (Å²) in [5.74, 6) is 0. The molecule has 0 spiro atoms. The minimum absolute atomic E-state index is 0.190. The van der Waals surface area contributed by atoms with E-state index < -0.39 is 20.6 Å². The second-order valence-corrected chi connectivity index (χ2v) is 12.9. The third-order valence-corrected chi connectivity index (χ3v) is 9.85. The maximum absolute atomic E-state index is 12.4. The summed E-state index contributed by atoms with van der Waals surface area (Å²) in [7, 11) is -9.36. The number of thiazole rings is 1. The van der Waals surface area contributed by atoms with Crippen LogP contribution in [0.15, 0.2) is 51.9 Å². The number of thioether (sulfide) groups is 1. The van der Waals surface area contributed by atoms with Gasteiger partial charge in [-0.2, -0.15) is 8.42 Å². The maximum Gasteiger partial charge on any atom is 0.513 e. The topological polar surface area (TPSA) is 116 Å². The first-order valence-corrected chi connectivity index (χ1v) is 15.3. The molecule has 1 aliphatic rings. The highest BCUT2D eigenvalue weighted by atomic mass is 35.5. The molecule has 0 aliphatic carbocycles. The highest BCUT2D eigenvalue weighted by Gasteiger charge is 2.35. The van der Waals surface area contributed by atoms with E-state index in [0.29, 0.717) is 49.1 Å². The van der Waals surface area contributed by atoms with Crippen LogP contribution in [0.25, 0.3) is 16.3 Å². The van der Waals surface area contributed by atoms with E-state index in [-0.39, 0.29) is 15.7 Å². The molecule has 4 rings (SSSR count). The molecule has 14 heteroatoms. The summed E-state index contributed by atoms with van der Waals surface area (Å²) in [5, 5.41) is 1.08.